The lowest BCUT2D eigenvalue weighted by Gasteiger charge is -2.05. The first-order chi connectivity index (χ1) is 9.22. The smallest absolute Gasteiger partial charge is 0.255 e. The topological polar surface area (TPSA) is 46.4 Å². The van der Waals surface area contributed by atoms with E-state index in [4.69, 9.17) is 0 Å². The normalized spacial score (nSPS) is 10.6. The Balaban J connectivity index is 1.86. The van der Waals surface area contributed by atoms with E-state index >= 15 is 0 Å². The number of carbonyl (C=O) groups is 1. The summed E-state index contributed by atoms with van der Waals surface area (Å²) >= 11 is 0. The number of nitrogens with one attached hydrogen (secondary N) is 1. The molecule has 0 radical (unpaired) electrons. The number of amides is 1. The van der Waals surface area contributed by atoms with Gasteiger partial charge in [0.05, 0.1) is 5.52 Å². The molecule has 3 rings (SSSR count). The molecule has 0 fully saturated rings. The number of halogens is 1. The second-order valence-electron chi connectivity index (χ2n) is 4.08. The largest absolute Gasteiger partial charge is 0.322 e. The standard InChI is InChI=1S/C14H10FN3O/c15-11-3-1-2-10(8-11)14(19)17-12-5-7-18-13(9-12)4-6-16-18/h1-9H,(H,17,19). The molecule has 0 aliphatic carbocycles. The number of hydrogen-bond donors (Lipinski definition) is 1. The van der Waals surface area contributed by atoms with E-state index in [1.54, 1.807) is 35.1 Å². The van der Waals surface area contributed by atoms with Crippen LogP contribution in [-0.4, -0.2) is 15.5 Å². The summed E-state index contributed by atoms with van der Waals surface area (Å²) in [5.74, 6) is -0.776. The van der Waals surface area contributed by atoms with Crippen molar-refractivity contribution in [1.82, 2.24) is 9.61 Å². The summed E-state index contributed by atoms with van der Waals surface area (Å²) in [5, 5.41) is 6.78. The van der Waals surface area contributed by atoms with Crippen molar-refractivity contribution in [2.45, 2.75) is 0 Å². The SMILES string of the molecule is O=C(Nc1ccn2nccc2c1)c1cccc(F)c1. The first-order valence-electron chi connectivity index (χ1n) is 5.73. The first-order valence-corrected chi connectivity index (χ1v) is 5.73. The number of aromatic nitrogens is 2. The average molecular weight is 255 g/mol. The minimum Gasteiger partial charge on any atom is -0.322 e. The molecule has 0 aliphatic heterocycles. The van der Waals surface area contributed by atoms with Gasteiger partial charge in [-0.25, -0.2) is 8.91 Å². The molecule has 4 nitrogen and oxygen atoms in total. The van der Waals surface area contributed by atoms with Crippen molar-refractivity contribution in [2.75, 3.05) is 5.32 Å². The number of carbonyl (C=O) groups excluding carboxylic acids is 1. The van der Waals surface area contributed by atoms with Gasteiger partial charge in [-0.2, -0.15) is 5.10 Å². The van der Waals surface area contributed by atoms with Crippen LogP contribution in [0.15, 0.2) is 54.9 Å². The second kappa shape index (κ2) is 4.53. The highest BCUT2D eigenvalue weighted by atomic mass is 19.1. The molecule has 0 atom stereocenters. The fraction of sp³-hybridized carbons (Fsp3) is 0. The summed E-state index contributed by atoms with van der Waals surface area (Å²) in [6.45, 7) is 0. The molecule has 0 saturated heterocycles. The molecule has 0 aliphatic rings. The van der Waals surface area contributed by atoms with Gasteiger partial charge in [-0.15, -0.1) is 0 Å². The Hall–Kier alpha value is -2.69. The number of fused-ring (bicyclic) bond motifs is 1. The van der Waals surface area contributed by atoms with Crippen molar-refractivity contribution in [2.24, 2.45) is 0 Å². The van der Waals surface area contributed by atoms with Gasteiger partial charge < -0.3 is 5.32 Å². The van der Waals surface area contributed by atoms with Crippen LogP contribution in [0, 0.1) is 5.82 Å². The molecule has 94 valence electrons. The van der Waals surface area contributed by atoms with Crippen molar-refractivity contribution in [3.05, 3.63) is 66.2 Å². The van der Waals surface area contributed by atoms with E-state index in [-0.39, 0.29) is 11.5 Å². The maximum absolute atomic E-state index is 13.0. The number of rotatable bonds is 2. The van der Waals surface area contributed by atoms with Gasteiger partial charge in [0, 0.05) is 23.6 Å². The fourth-order valence-corrected chi connectivity index (χ4v) is 1.83. The average Bonchev–Trinajstić information content (AvgIpc) is 2.86. The predicted octanol–water partition coefficient (Wildman–Crippen LogP) is 2.73. The highest BCUT2D eigenvalue weighted by molar-refractivity contribution is 6.04. The van der Waals surface area contributed by atoms with Crippen LogP contribution in [0.4, 0.5) is 10.1 Å². The zero-order valence-electron chi connectivity index (χ0n) is 9.88. The second-order valence-corrected chi connectivity index (χ2v) is 4.08. The summed E-state index contributed by atoms with van der Waals surface area (Å²) in [4.78, 5) is 11.9. The third-order valence-electron chi connectivity index (χ3n) is 2.74. The van der Waals surface area contributed by atoms with Crippen LogP contribution >= 0.6 is 0 Å². The van der Waals surface area contributed by atoms with E-state index < -0.39 is 5.82 Å². The van der Waals surface area contributed by atoms with Crippen LogP contribution in [0.1, 0.15) is 10.4 Å². The van der Waals surface area contributed by atoms with Crippen LogP contribution < -0.4 is 5.32 Å². The molecule has 0 unspecified atom stereocenters. The number of hydrogen-bond acceptors (Lipinski definition) is 2. The lowest BCUT2D eigenvalue weighted by molar-refractivity contribution is 0.102. The number of pyridine rings is 1. The van der Waals surface area contributed by atoms with Crippen LogP contribution in [-0.2, 0) is 0 Å². The Bertz CT molecular complexity index is 751. The molecule has 1 amide bonds. The Labute approximate surface area is 108 Å². The molecular formula is C14H10FN3O. The molecule has 0 spiro atoms. The lowest BCUT2D eigenvalue weighted by Crippen LogP contribution is -2.12. The highest BCUT2D eigenvalue weighted by Gasteiger charge is 2.07. The molecule has 3 aromatic rings. The molecule has 1 aromatic carbocycles. The first kappa shape index (κ1) is 11.4. The number of nitrogens with zero attached hydrogens (tertiary/aromatic N) is 2. The summed E-state index contributed by atoms with van der Waals surface area (Å²) in [5.41, 5.74) is 1.80. The lowest BCUT2D eigenvalue weighted by atomic mass is 10.2. The Morgan fingerprint density at radius 1 is 1.21 bits per heavy atom. The Kier molecular flexibility index (Phi) is 2.72. The van der Waals surface area contributed by atoms with Gasteiger partial charge in [0.25, 0.3) is 5.91 Å². The van der Waals surface area contributed by atoms with Gasteiger partial charge in [-0.1, -0.05) is 6.07 Å². The fourth-order valence-electron chi connectivity index (χ4n) is 1.83. The zero-order chi connectivity index (χ0) is 13.2. The van der Waals surface area contributed by atoms with E-state index in [1.165, 1.54) is 18.2 Å². The summed E-state index contributed by atoms with van der Waals surface area (Å²) < 4.78 is 14.7. The Morgan fingerprint density at radius 3 is 2.95 bits per heavy atom. The van der Waals surface area contributed by atoms with Gasteiger partial charge >= 0.3 is 0 Å². The molecule has 1 N–H and O–H groups in total. The summed E-state index contributed by atoms with van der Waals surface area (Å²) in [7, 11) is 0. The van der Waals surface area contributed by atoms with E-state index in [9.17, 15) is 9.18 Å². The predicted molar refractivity (Wildman–Crippen MR) is 69.5 cm³/mol. The number of anilines is 1. The quantitative estimate of drug-likeness (QED) is 0.765. The van der Waals surface area contributed by atoms with Gasteiger partial charge in [0.2, 0.25) is 0 Å². The molecule has 2 aromatic heterocycles. The molecule has 0 saturated carbocycles. The summed E-state index contributed by atoms with van der Waals surface area (Å²) in [6.07, 6.45) is 3.42. The van der Waals surface area contributed by atoms with Crippen LogP contribution in [0.25, 0.3) is 5.52 Å². The molecular weight excluding hydrogens is 245 g/mol. The zero-order valence-corrected chi connectivity index (χ0v) is 9.88. The Morgan fingerprint density at radius 2 is 2.11 bits per heavy atom. The minimum atomic E-state index is -0.432. The van der Waals surface area contributed by atoms with E-state index in [0.717, 1.165) is 5.52 Å². The number of benzene rings is 1. The van der Waals surface area contributed by atoms with Gasteiger partial charge in [0.15, 0.2) is 0 Å². The van der Waals surface area contributed by atoms with E-state index in [0.29, 0.717) is 5.69 Å². The van der Waals surface area contributed by atoms with Crippen molar-refractivity contribution in [3.63, 3.8) is 0 Å². The monoisotopic (exact) mass is 255 g/mol. The maximum Gasteiger partial charge on any atom is 0.255 e. The van der Waals surface area contributed by atoms with E-state index in [1.807, 2.05) is 6.07 Å². The van der Waals surface area contributed by atoms with Crippen molar-refractivity contribution in [3.8, 4) is 0 Å². The van der Waals surface area contributed by atoms with Crippen molar-refractivity contribution in [1.29, 1.82) is 0 Å². The third kappa shape index (κ3) is 2.30. The molecule has 0 bridgehead atoms. The van der Waals surface area contributed by atoms with Crippen LogP contribution in [0.3, 0.4) is 0 Å². The van der Waals surface area contributed by atoms with Gasteiger partial charge in [-0.05, 0) is 36.4 Å². The highest BCUT2D eigenvalue weighted by Crippen LogP contribution is 2.13. The van der Waals surface area contributed by atoms with Gasteiger partial charge in [0.1, 0.15) is 5.82 Å². The third-order valence-corrected chi connectivity index (χ3v) is 2.74. The minimum absolute atomic E-state index is 0.286. The van der Waals surface area contributed by atoms with Gasteiger partial charge in [-0.3, -0.25) is 4.79 Å². The molecule has 2 heterocycles. The summed E-state index contributed by atoms with van der Waals surface area (Å²) in [6, 6.07) is 10.9. The maximum atomic E-state index is 13.0. The van der Waals surface area contributed by atoms with Crippen LogP contribution in [0.2, 0.25) is 0 Å². The molecule has 5 heteroatoms. The van der Waals surface area contributed by atoms with E-state index in [2.05, 4.69) is 10.4 Å². The van der Waals surface area contributed by atoms with Crippen molar-refractivity contribution >= 4 is 17.1 Å². The molecule has 19 heavy (non-hydrogen) atoms. The van der Waals surface area contributed by atoms with Crippen molar-refractivity contribution < 1.29 is 9.18 Å². The van der Waals surface area contributed by atoms with Crippen LogP contribution in [0.5, 0.6) is 0 Å².